The first-order valence-electron chi connectivity index (χ1n) is 11.7. The normalized spacial score (nSPS) is 20.8. The SMILES string of the molecule is O=C(Nc1ccc(Cl)c(Cl)c1)N1CCN(C[C@H]2CCCN(CC(O)c3cccc[n+]3[O-])C2)CC1. The molecule has 8 nitrogen and oxygen atoms in total. The number of urea groups is 1. The number of aliphatic hydroxyl groups is 1. The number of benzene rings is 1. The molecule has 1 aromatic heterocycles. The Balaban J connectivity index is 1.21. The van der Waals surface area contributed by atoms with Crippen LogP contribution >= 0.6 is 23.2 Å². The van der Waals surface area contributed by atoms with Crippen LogP contribution in [0, 0.1) is 11.1 Å². The summed E-state index contributed by atoms with van der Waals surface area (Å²) in [6, 6.07) is 10.0. The van der Waals surface area contributed by atoms with E-state index < -0.39 is 6.10 Å². The number of nitrogens with one attached hydrogen (secondary N) is 1. The first kappa shape index (κ1) is 25.0. The molecule has 184 valence electrons. The van der Waals surface area contributed by atoms with E-state index in [-0.39, 0.29) is 6.03 Å². The van der Waals surface area contributed by atoms with Crippen molar-refractivity contribution in [3.05, 3.63) is 63.5 Å². The summed E-state index contributed by atoms with van der Waals surface area (Å²) < 4.78 is 0.739. The van der Waals surface area contributed by atoms with Crippen LogP contribution in [0.2, 0.25) is 10.0 Å². The maximum absolute atomic E-state index is 12.6. The number of amides is 2. The predicted octanol–water partition coefficient (Wildman–Crippen LogP) is 3.22. The first-order valence-corrected chi connectivity index (χ1v) is 12.5. The Kier molecular flexibility index (Phi) is 8.50. The monoisotopic (exact) mass is 507 g/mol. The van der Waals surface area contributed by atoms with E-state index in [1.165, 1.54) is 6.20 Å². The molecule has 2 N–H and O–H groups in total. The van der Waals surface area contributed by atoms with Gasteiger partial charge in [0.05, 0.1) is 10.0 Å². The minimum atomic E-state index is -0.796. The summed E-state index contributed by atoms with van der Waals surface area (Å²) in [5.41, 5.74) is 1.02. The number of hydrogen-bond donors (Lipinski definition) is 2. The summed E-state index contributed by atoms with van der Waals surface area (Å²) >= 11 is 12.0. The first-order chi connectivity index (χ1) is 16.4. The van der Waals surface area contributed by atoms with E-state index in [2.05, 4.69) is 15.1 Å². The van der Waals surface area contributed by atoms with Gasteiger partial charge in [0.2, 0.25) is 5.69 Å². The Morgan fingerprint density at radius 3 is 2.65 bits per heavy atom. The molecule has 1 aromatic carbocycles. The van der Waals surface area contributed by atoms with Gasteiger partial charge in [0.1, 0.15) is 0 Å². The molecule has 0 aliphatic carbocycles. The zero-order chi connectivity index (χ0) is 24.1. The lowest BCUT2D eigenvalue weighted by atomic mass is 9.96. The summed E-state index contributed by atoms with van der Waals surface area (Å²) in [5, 5.41) is 26.2. The summed E-state index contributed by atoms with van der Waals surface area (Å²) in [6.45, 7) is 6.26. The number of piperazine rings is 1. The highest BCUT2D eigenvalue weighted by atomic mass is 35.5. The van der Waals surface area contributed by atoms with Crippen molar-refractivity contribution >= 4 is 34.9 Å². The maximum atomic E-state index is 12.6. The number of likely N-dealkylation sites (tertiary alicyclic amines) is 1. The molecule has 3 heterocycles. The predicted molar refractivity (Wildman–Crippen MR) is 133 cm³/mol. The lowest BCUT2D eigenvalue weighted by Gasteiger charge is -2.39. The smallest absolute Gasteiger partial charge is 0.321 e. The van der Waals surface area contributed by atoms with Crippen LogP contribution in [-0.2, 0) is 0 Å². The number of nitrogens with zero attached hydrogens (tertiary/aromatic N) is 4. The molecule has 2 aliphatic rings. The highest BCUT2D eigenvalue weighted by Gasteiger charge is 2.28. The van der Waals surface area contributed by atoms with Gasteiger partial charge in [0.15, 0.2) is 12.3 Å². The van der Waals surface area contributed by atoms with Gasteiger partial charge in [-0.15, -0.1) is 0 Å². The number of carbonyl (C=O) groups excluding carboxylic acids is 1. The van der Waals surface area contributed by atoms with E-state index in [4.69, 9.17) is 23.2 Å². The van der Waals surface area contributed by atoms with Crippen LogP contribution in [0.25, 0.3) is 0 Å². The molecule has 0 saturated carbocycles. The summed E-state index contributed by atoms with van der Waals surface area (Å²) in [5.74, 6) is 0.507. The van der Waals surface area contributed by atoms with Gasteiger partial charge >= 0.3 is 6.03 Å². The number of aromatic nitrogens is 1. The lowest BCUT2D eigenvalue weighted by molar-refractivity contribution is -0.618. The maximum Gasteiger partial charge on any atom is 0.321 e. The van der Waals surface area contributed by atoms with Crippen molar-refractivity contribution in [3.63, 3.8) is 0 Å². The van der Waals surface area contributed by atoms with Gasteiger partial charge < -0.3 is 20.5 Å². The topological polar surface area (TPSA) is 86.0 Å². The third-order valence-electron chi connectivity index (χ3n) is 6.58. The third kappa shape index (κ3) is 6.52. The zero-order valence-electron chi connectivity index (χ0n) is 19.1. The van der Waals surface area contributed by atoms with Gasteiger partial charge in [0.25, 0.3) is 0 Å². The van der Waals surface area contributed by atoms with Crippen LogP contribution < -0.4 is 10.0 Å². The molecule has 2 amide bonds. The van der Waals surface area contributed by atoms with Crippen LogP contribution in [0.15, 0.2) is 42.6 Å². The second-order valence-corrected chi connectivity index (χ2v) is 9.90. The van der Waals surface area contributed by atoms with E-state index >= 15 is 0 Å². The van der Waals surface area contributed by atoms with E-state index in [1.54, 1.807) is 36.4 Å². The second-order valence-electron chi connectivity index (χ2n) is 9.08. The quantitative estimate of drug-likeness (QED) is 0.463. The average molecular weight is 508 g/mol. The van der Waals surface area contributed by atoms with Gasteiger partial charge in [-0.25, -0.2) is 4.79 Å². The standard InChI is InChI=1S/C24H31Cl2N5O3/c25-20-7-6-19(14-21(20)26)27-24(33)30-12-10-28(11-13-30)15-18-4-3-8-29(16-18)17-23(32)22-5-1-2-9-31(22)34/h1-2,5-7,9,14,18,23,32H,3-4,8,10-13,15-17H2,(H,27,33)/t18-,23?/m1/s1. The third-order valence-corrected chi connectivity index (χ3v) is 7.32. The molecule has 34 heavy (non-hydrogen) atoms. The Hall–Kier alpha value is -2.10. The van der Waals surface area contributed by atoms with Crippen molar-refractivity contribution in [2.45, 2.75) is 18.9 Å². The van der Waals surface area contributed by atoms with E-state index in [1.807, 2.05) is 4.90 Å². The van der Waals surface area contributed by atoms with Crippen molar-refractivity contribution in [3.8, 4) is 0 Å². The molecule has 2 aromatic rings. The van der Waals surface area contributed by atoms with E-state index in [0.717, 1.165) is 50.3 Å². The molecule has 0 radical (unpaired) electrons. The molecular weight excluding hydrogens is 477 g/mol. The summed E-state index contributed by atoms with van der Waals surface area (Å²) in [6.07, 6.45) is 2.85. The number of hydrogen-bond acceptors (Lipinski definition) is 5. The van der Waals surface area contributed by atoms with Crippen LogP contribution in [-0.4, -0.2) is 78.2 Å². The molecule has 1 unspecified atom stereocenters. The molecule has 2 saturated heterocycles. The Morgan fingerprint density at radius 2 is 1.91 bits per heavy atom. The molecule has 2 fully saturated rings. The Labute approximate surface area is 210 Å². The fourth-order valence-electron chi connectivity index (χ4n) is 4.78. The van der Waals surface area contributed by atoms with Gasteiger partial charge in [-0.1, -0.05) is 23.2 Å². The van der Waals surface area contributed by atoms with Crippen LogP contribution in [0.4, 0.5) is 10.5 Å². The van der Waals surface area contributed by atoms with Crippen LogP contribution in [0.3, 0.4) is 0 Å². The lowest BCUT2D eigenvalue weighted by Crippen LogP contribution is -2.52. The number of carbonyl (C=O) groups is 1. The van der Waals surface area contributed by atoms with Crippen LogP contribution in [0.5, 0.6) is 0 Å². The number of β-amino-alcohol motifs (C(OH)–C–C–N with tert-alkyl or cyclic N) is 1. The highest BCUT2D eigenvalue weighted by molar-refractivity contribution is 6.42. The number of aliphatic hydroxyl groups excluding tert-OH is 1. The average Bonchev–Trinajstić information content (AvgIpc) is 2.82. The fraction of sp³-hybridized carbons (Fsp3) is 0.500. The van der Waals surface area contributed by atoms with Crippen molar-refractivity contribution < 1.29 is 14.6 Å². The minimum Gasteiger partial charge on any atom is -0.618 e. The van der Waals surface area contributed by atoms with Crippen molar-refractivity contribution in [1.29, 1.82) is 0 Å². The summed E-state index contributed by atoms with van der Waals surface area (Å²) in [7, 11) is 0. The van der Waals surface area contributed by atoms with Crippen LogP contribution in [0.1, 0.15) is 24.6 Å². The molecular formula is C24H31Cl2N5O3. The molecule has 2 atom stereocenters. The number of pyridine rings is 1. The number of halogens is 2. The van der Waals surface area contributed by atoms with Gasteiger partial charge in [-0.05, 0) is 49.6 Å². The number of piperidine rings is 1. The van der Waals surface area contributed by atoms with E-state index in [0.29, 0.717) is 47.0 Å². The molecule has 4 rings (SSSR count). The molecule has 2 aliphatic heterocycles. The second kappa shape index (κ2) is 11.6. The van der Waals surface area contributed by atoms with E-state index in [9.17, 15) is 15.1 Å². The van der Waals surface area contributed by atoms with Gasteiger partial charge in [0, 0.05) is 63.6 Å². The van der Waals surface area contributed by atoms with Crippen molar-refractivity contribution in [2.24, 2.45) is 5.92 Å². The van der Waals surface area contributed by atoms with Crippen molar-refractivity contribution in [2.75, 3.05) is 57.7 Å². The van der Waals surface area contributed by atoms with Gasteiger partial charge in [-0.2, -0.15) is 4.73 Å². The number of rotatable bonds is 6. The van der Waals surface area contributed by atoms with Crippen molar-refractivity contribution in [1.82, 2.24) is 14.7 Å². The molecule has 0 spiro atoms. The zero-order valence-corrected chi connectivity index (χ0v) is 20.6. The molecule has 0 bridgehead atoms. The largest absolute Gasteiger partial charge is 0.618 e. The number of anilines is 1. The fourth-order valence-corrected chi connectivity index (χ4v) is 5.08. The van der Waals surface area contributed by atoms with Gasteiger partial charge in [-0.3, -0.25) is 9.80 Å². The molecule has 10 heteroatoms. The Bertz CT molecular complexity index is 987. The highest BCUT2D eigenvalue weighted by Crippen LogP contribution is 2.25. The minimum absolute atomic E-state index is 0.132. The Morgan fingerprint density at radius 1 is 1.12 bits per heavy atom. The summed E-state index contributed by atoms with van der Waals surface area (Å²) in [4.78, 5) is 19.1.